The van der Waals surface area contributed by atoms with E-state index < -0.39 is 0 Å². The molecule has 0 aliphatic rings. The predicted octanol–water partition coefficient (Wildman–Crippen LogP) is 9.88. The molecule has 0 saturated heterocycles. The summed E-state index contributed by atoms with van der Waals surface area (Å²) in [5.74, 6) is -0.324. The van der Waals surface area contributed by atoms with Gasteiger partial charge in [0, 0.05) is 37.1 Å². The second kappa shape index (κ2) is 17.6. The minimum atomic E-state index is -0.112. The van der Waals surface area contributed by atoms with Crippen LogP contribution in [0.3, 0.4) is 0 Å². The van der Waals surface area contributed by atoms with Gasteiger partial charge in [0.25, 0.3) is 0 Å². The maximum Gasteiger partial charge on any atom is 0.221 e. The zero-order valence-electron chi connectivity index (χ0n) is 30.2. The van der Waals surface area contributed by atoms with E-state index in [1.165, 1.54) is 13.8 Å². The molecule has 54 heavy (non-hydrogen) atoms. The Kier molecular flexibility index (Phi) is 12.1. The molecule has 0 saturated carbocycles. The summed E-state index contributed by atoms with van der Waals surface area (Å²) in [5, 5.41) is 20.1. The van der Waals surface area contributed by atoms with Crippen LogP contribution < -0.4 is 10.6 Å². The zero-order chi connectivity index (χ0) is 37.9. The molecule has 0 aliphatic heterocycles. The van der Waals surface area contributed by atoms with E-state index in [0.29, 0.717) is 13.2 Å². The molecule has 2 atom stereocenters. The first-order valence-corrected chi connectivity index (χ1v) is 17.7. The summed E-state index contributed by atoms with van der Waals surface area (Å²) in [5.41, 5.74) is 12.3. The van der Waals surface area contributed by atoms with Gasteiger partial charge in [-0.25, -0.2) is 0 Å². The van der Waals surface area contributed by atoms with E-state index in [1.807, 2.05) is 48.5 Å². The second-order valence-electron chi connectivity index (χ2n) is 13.1. The lowest BCUT2D eigenvalue weighted by atomic mass is 9.83. The summed E-state index contributed by atoms with van der Waals surface area (Å²) >= 11 is 0. The molecule has 0 bridgehead atoms. The quantitative estimate of drug-likeness (QED) is 0.0480. The third-order valence-electron chi connectivity index (χ3n) is 9.24. The van der Waals surface area contributed by atoms with Crippen LogP contribution in [0, 0.1) is 10.8 Å². The average Bonchev–Trinajstić information content (AvgIpc) is 3.19. The molecule has 6 aromatic carbocycles. The third-order valence-corrected chi connectivity index (χ3v) is 9.24. The van der Waals surface area contributed by atoms with Crippen molar-refractivity contribution in [3.05, 3.63) is 190 Å². The van der Waals surface area contributed by atoms with Crippen molar-refractivity contribution in [2.24, 2.45) is 0 Å². The van der Waals surface area contributed by atoms with Gasteiger partial charge in [-0.05, 0) is 79.9 Å². The molecule has 0 fully saturated rings. The van der Waals surface area contributed by atoms with E-state index in [-0.39, 0.29) is 23.7 Å². The van der Waals surface area contributed by atoms with Crippen LogP contribution in [0.2, 0.25) is 0 Å². The van der Waals surface area contributed by atoms with Crippen molar-refractivity contribution in [2.45, 2.75) is 38.9 Å². The zero-order valence-corrected chi connectivity index (χ0v) is 30.2. The first-order valence-electron chi connectivity index (χ1n) is 17.7. The summed E-state index contributed by atoms with van der Waals surface area (Å²) in [7, 11) is 0. The molecule has 0 aliphatic carbocycles. The fraction of sp³-hybridized carbons (Fsp3) is 0.130. The molecule has 6 rings (SSSR count). The van der Waals surface area contributed by atoms with Crippen LogP contribution in [0.5, 0.6) is 0 Å². The first-order chi connectivity index (χ1) is 26.3. The van der Waals surface area contributed by atoms with Crippen molar-refractivity contribution in [1.29, 1.82) is 10.8 Å². The number of nitrogens with one attached hydrogen (secondary N) is 4. The van der Waals surface area contributed by atoms with E-state index in [1.54, 1.807) is 0 Å². The summed E-state index contributed by atoms with van der Waals surface area (Å²) in [6, 6.07) is 49.7. The van der Waals surface area contributed by atoms with Gasteiger partial charge in [0.15, 0.2) is 12.8 Å². The molecule has 6 aromatic rings. The SMILES string of the molecule is CC(=O)Nc1ccc(C(c2ccc(COC=N)cc2)c2ccc(-c3ccc(C(c4ccc(COC=N)cc4)c4ccc(NC(C)=O)cc4)cc3)cc2)cc1. The number of ether oxygens (including phenoxy) is 2. The molecule has 4 N–H and O–H groups in total. The molecule has 270 valence electrons. The van der Waals surface area contributed by atoms with Gasteiger partial charge in [0.2, 0.25) is 11.8 Å². The van der Waals surface area contributed by atoms with Crippen LogP contribution in [-0.4, -0.2) is 24.6 Å². The van der Waals surface area contributed by atoms with Crippen LogP contribution in [0.15, 0.2) is 146 Å². The lowest BCUT2D eigenvalue weighted by molar-refractivity contribution is -0.115. The molecule has 0 heterocycles. The standard InChI is InChI=1S/C46H42N4O4/c1-31(51)49-43-23-19-41(20-24-43)45(37-7-3-33(4-8-37)27-53-29-47)39-15-11-35(12-16-39)36-13-17-40(18-14-36)46(38-9-5-34(6-10-38)28-54-30-48)42-21-25-44(26-22-42)50-32(2)52/h3-26,29-30,45-48H,27-28H2,1-2H3,(H,49,51)(H,50,52). The largest absolute Gasteiger partial charge is 0.479 e. The van der Waals surface area contributed by atoms with E-state index >= 15 is 0 Å². The Labute approximate surface area is 315 Å². The van der Waals surface area contributed by atoms with Crippen molar-refractivity contribution in [2.75, 3.05) is 10.6 Å². The number of carbonyl (C=O) groups is 2. The third kappa shape index (κ3) is 9.35. The molecule has 2 amide bonds. The Hall–Kier alpha value is -6.80. The molecule has 0 spiro atoms. The lowest BCUT2D eigenvalue weighted by Crippen LogP contribution is -2.07. The van der Waals surface area contributed by atoms with E-state index in [4.69, 9.17) is 20.3 Å². The van der Waals surface area contributed by atoms with Gasteiger partial charge < -0.3 is 20.1 Å². The van der Waals surface area contributed by atoms with Crippen LogP contribution in [0.1, 0.15) is 70.2 Å². The molecular formula is C46H42N4O4. The molecule has 8 nitrogen and oxygen atoms in total. The maximum atomic E-state index is 11.6. The van der Waals surface area contributed by atoms with Gasteiger partial charge in [0.1, 0.15) is 13.2 Å². The Morgan fingerprint density at radius 2 is 0.722 bits per heavy atom. The van der Waals surface area contributed by atoms with E-state index in [2.05, 4.69) is 108 Å². The van der Waals surface area contributed by atoms with E-state index in [0.717, 1.165) is 79.8 Å². The van der Waals surface area contributed by atoms with Crippen LogP contribution in [-0.2, 0) is 32.3 Å². The van der Waals surface area contributed by atoms with Crippen molar-refractivity contribution < 1.29 is 19.1 Å². The van der Waals surface area contributed by atoms with Crippen molar-refractivity contribution in [3.8, 4) is 11.1 Å². The highest BCUT2D eigenvalue weighted by molar-refractivity contribution is 5.89. The number of carbonyl (C=O) groups excluding carboxylic acids is 2. The fourth-order valence-corrected chi connectivity index (χ4v) is 6.70. The van der Waals surface area contributed by atoms with Gasteiger partial charge in [-0.1, -0.05) is 121 Å². The fourth-order valence-electron chi connectivity index (χ4n) is 6.70. The Bertz CT molecular complexity index is 2020. The molecule has 8 heteroatoms. The van der Waals surface area contributed by atoms with Crippen LogP contribution in [0.25, 0.3) is 11.1 Å². The van der Waals surface area contributed by atoms with Gasteiger partial charge in [-0.3, -0.25) is 20.4 Å². The number of hydrogen-bond donors (Lipinski definition) is 4. The molecule has 0 aromatic heterocycles. The monoisotopic (exact) mass is 714 g/mol. The summed E-state index contributed by atoms with van der Waals surface area (Å²) in [6.07, 6.45) is 1.90. The van der Waals surface area contributed by atoms with E-state index in [9.17, 15) is 9.59 Å². The van der Waals surface area contributed by atoms with Crippen molar-refractivity contribution in [3.63, 3.8) is 0 Å². The minimum Gasteiger partial charge on any atom is -0.479 e. The van der Waals surface area contributed by atoms with Crippen LogP contribution in [0.4, 0.5) is 11.4 Å². The topological polar surface area (TPSA) is 124 Å². The molecule has 2 unspecified atom stereocenters. The average molecular weight is 715 g/mol. The summed E-state index contributed by atoms with van der Waals surface area (Å²) < 4.78 is 10.3. The van der Waals surface area contributed by atoms with Gasteiger partial charge in [0.05, 0.1) is 0 Å². The Balaban J connectivity index is 1.29. The number of amides is 2. The smallest absolute Gasteiger partial charge is 0.221 e. The predicted molar refractivity (Wildman–Crippen MR) is 215 cm³/mol. The number of hydrogen-bond acceptors (Lipinski definition) is 6. The summed E-state index contributed by atoms with van der Waals surface area (Å²) in [6.45, 7) is 3.68. The highest BCUT2D eigenvalue weighted by Gasteiger charge is 2.19. The number of benzene rings is 6. The molecular weight excluding hydrogens is 673 g/mol. The van der Waals surface area contributed by atoms with Crippen molar-refractivity contribution >= 4 is 36.0 Å². The highest BCUT2D eigenvalue weighted by atomic mass is 16.5. The first kappa shape index (κ1) is 37.0. The van der Waals surface area contributed by atoms with Crippen LogP contribution >= 0.6 is 0 Å². The van der Waals surface area contributed by atoms with Gasteiger partial charge in [-0.15, -0.1) is 0 Å². The number of rotatable bonds is 15. The lowest BCUT2D eigenvalue weighted by Gasteiger charge is -2.21. The van der Waals surface area contributed by atoms with Gasteiger partial charge >= 0.3 is 0 Å². The maximum absolute atomic E-state index is 11.6. The summed E-state index contributed by atoms with van der Waals surface area (Å²) in [4.78, 5) is 23.3. The molecule has 0 radical (unpaired) electrons. The highest BCUT2D eigenvalue weighted by Crippen LogP contribution is 2.36. The normalized spacial score (nSPS) is 11.8. The minimum absolute atomic E-state index is 0.0497. The second-order valence-corrected chi connectivity index (χ2v) is 13.1. The van der Waals surface area contributed by atoms with Gasteiger partial charge in [-0.2, -0.15) is 0 Å². The number of anilines is 2. The Morgan fingerprint density at radius 1 is 0.463 bits per heavy atom. The Morgan fingerprint density at radius 3 is 0.981 bits per heavy atom. The van der Waals surface area contributed by atoms with Crippen molar-refractivity contribution in [1.82, 2.24) is 0 Å².